The number of hydrogen-bond acceptors (Lipinski definition) is 2. The van der Waals surface area contributed by atoms with Crippen LogP contribution in [0.3, 0.4) is 0 Å². The van der Waals surface area contributed by atoms with Gasteiger partial charge in [0.2, 0.25) is 11.8 Å². The van der Waals surface area contributed by atoms with Gasteiger partial charge in [0.1, 0.15) is 11.9 Å². The van der Waals surface area contributed by atoms with Gasteiger partial charge < -0.3 is 10.2 Å². The maximum atomic E-state index is 13.3. The Kier molecular flexibility index (Phi) is 7.79. The van der Waals surface area contributed by atoms with Crippen LogP contribution in [0, 0.1) is 5.82 Å². The summed E-state index contributed by atoms with van der Waals surface area (Å²) in [5.74, 6) is -0.805. The van der Waals surface area contributed by atoms with Crippen LogP contribution in [0.15, 0.2) is 78.9 Å². The van der Waals surface area contributed by atoms with Crippen LogP contribution in [0.25, 0.3) is 0 Å². The van der Waals surface area contributed by atoms with Crippen LogP contribution in [0.2, 0.25) is 5.02 Å². The minimum absolute atomic E-state index is 0.134. The zero-order valence-corrected chi connectivity index (χ0v) is 18.0. The van der Waals surface area contributed by atoms with Crippen molar-refractivity contribution in [2.75, 3.05) is 0 Å². The molecule has 1 N–H and O–H groups in total. The quantitative estimate of drug-likeness (QED) is 0.551. The maximum Gasteiger partial charge on any atom is 0.242 e. The molecule has 2 amide bonds. The maximum absolute atomic E-state index is 13.3. The molecule has 160 valence electrons. The van der Waals surface area contributed by atoms with Crippen LogP contribution >= 0.6 is 11.6 Å². The number of benzene rings is 3. The molecule has 0 fully saturated rings. The summed E-state index contributed by atoms with van der Waals surface area (Å²) in [6.07, 6.45) is 0.134. The summed E-state index contributed by atoms with van der Waals surface area (Å²) in [7, 11) is 0. The minimum atomic E-state index is -0.700. The Morgan fingerprint density at radius 3 is 2.16 bits per heavy atom. The normalized spacial score (nSPS) is 11.6. The largest absolute Gasteiger partial charge is 0.350 e. The highest BCUT2D eigenvalue weighted by Gasteiger charge is 2.26. The van der Waals surface area contributed by atoms with Gasteiger partial charge >= 0.3 is 0 Å². The first-order chi connectivity index (χ1) is 14.9. The first-order valence-corrected chi connectivity index (χ1v) is 10.4. The highest BCUT2D eigenvalue weighted by Crippen LogP contribution is 2.15. The molecule has 0 aromatic heterocycles. The molecule has 0 unspecified atom stereocenters. The van der Waals surface area contributed by atoms with Crippen LogP contribution in [-0.4, -0.2) is 22.8 Å². The highest BCUT2D eigenvalue weighted by atomic mass is 35.5. The Morgan fingerprint density at radius 2 is 1.52 bits per heavy atom. The lowest BCUT2D eigenvalue weighted by Gasteiger charge is -2.29. The fraction of sp³-hybridized carbons (Fsp3) is 0.200. The molecule has 0 spiro atoms. The van der Waals surface area contributed by atoms with Crippen molar-refractivity contribution in [3.63, 3.8) is 0 Å². The molecule has 0 saturated carbocycles. The van der Waals surface area contributed by atoms with E-state index in [4.69, 9.17) is 11.6 Å². The third-order valence-corrected chi connectivity index (χ3v) is 5.26. The zero-order chi connectivity index (χ0) is 22.2. The van der Waals surface area contributed by atoms with E-state index in [2.05, 4.69) is 5.32 Å². The molecule has 0 heterocycles. The van der Waals surface area contributed by atoms with E-state index >= 15 is 0 Å². The summed E-state index contributed by atoms with van der Waals surface area (Å²) in [6.45, 7) is 2.27. The first-order valence-electron chi connectivity index (χ1n) is 10.0. The van der Waals surface area contributed by atoms with E-state index in [0.29, 0.717) is 11.6 Å². The number of nitrogens with one attached hydrogen (secondary N) is 1. The molecule has 4 nitrogen and oxygen atoms in total. The van der Waals surface area contributed by atoms with E-state index in [1.165, 1.54) is 17.0 Å². The SMILES string of the molecule is C[C@@H](C(=O)NCc1ccccc1)N(Cc1ccc(F)cc1)C(=O)Cc1ccc(Cl)cc1. The molecule has 0 aliphatic rings. The lowest BCUT2D eigenvalue weighted by Crippen LogP contribution is -2.48. The van der Waals surface area contributed by atoms with Crippen molar-refractivity contribution >= 4 is 23.4 Å². The van der Waals surface area contributed by atoms with Gasteiger partial charge in [-0.1, -0.05) is 66.2 Å². The molecule has 3 aromatic carbocycles. The lowest BCUT2D eigenvalue weighted by molar-refractivity contribution is -0.140. The molecule has 0 radical (unpaired) electrons. The second kappa shape index (κ2) is 10.7. The van der Waals surface area contributed by atoms with Crippen molar-refractivity contribution in [1.82, 2.24) is 10.2 Å². The van der Waals surface area contributed by atoms with Crippen LogP contribution < -0.4 is 5.32 Å². The predicted octanol–water partition coefficient (Wildman–Crippen LogP) is 4.76. The fourth-order valence-corrected chi connectivity index (χ4v) is 3.31. The van der Waals surface area contributed by atoms with Gasteiger partial charge in [-0.2, -0.15) is 0 Å². The van der Waals surface area contributed by atoms with E-state index in [9.17, 15) is 14.0 Å². The standard InChI is InChI=1S/C25H24ClFN2O2/c1-18(25(31)28-16-20-5-3-2-4-6-20)29(17-21-9-13-23(27)14-10-21)24(30)15-19-7-11-22(26)12-8-19/h2-14,18H,15-17H2,1H3,(H,28,31)/t18-/m0/s1. The van der Waals surface area contributed by atoms with E-state index < -0.39 is 6.04 Å². The van der Waals surface area contributed by atoms with E-state index in [1.54, 1.807) is 43.3 Å². The van der Waals surface area contributed by atoms with Crippen molar-refractivity contribution in [3.8, 4) is 0 Å². The Morgan fingerprint density at radius 1 is 0.903 bits per heavy atom. The molecule has 0 saturated heterocycles. The Balaban J connectivity index is 1.74. The fourth-order valence-electron chi connectivity index (χ4n) is 3.18. The van der Waals surface area contributed by atoms with Crippen LogP contribution in [0.5, 0.6) is 0 Å². The average molecular weight is 439 g/mol. The van der Waals surface area contributed by atoms with Crippen LogP contribution in [0.1, 0.15) is 23.6 Å². The van der Waals surface area contributed by atoms with Gasteiger partial charge in [0.25, 0.3) is 0 Å². The number of amides is 2. The van der Waals surface area contributed by atoms with Crippen molar-refractivity contribution < 1.29 is 14.0 Å². The Hall–Kier alpha value is -3.18. The summed E-state index contributed by atoms with van der Waals surface area (Å²) in [4.78, 5) is 27.5. The van der Waals surface area contributed by atoms with E-state index in [1.807, 2.05) is 30.3 Å². The number of nitrogens with zero attached hydrogens (tertiary/aromatic N) is 1. The number of rotatable bonds is 8. The molecule has 3 aromatic rings. The van der Waals surface area contributed by atoms with Crippen LogP contribution in [0.4, 0.5) is 4.39 Å². The molecular weight excluding hydrogens is 415 g/mol. The van der Waals surface area contributed by atoms with Crippen molar-refractivity contribution in [1.29, 1.82) is 0 Å². The van der Waals surface area contributed by atoms with Gasteiger partial charge in [-0.25, -0.2) is 4.39 Å². The van der Waals surface area contributed by atoms with E-state index in [-0.39, 0.29) is 30.6 Å². The van der Waals surface area contributed by atoms with Gasteiger partial charge in [0.05, 0.1) is 6.42 Å². The zero-order valence-electron chi connectivity index (χ0n) is 17.2. The average Bonchev–Trinajstić information content (AvgIpc) is 2.78. The summed E-state index contributed by atoms with van der Waals surface area (Å²) >= 11 is 5.93. The molecule has 1 atom stereocenters. The van der Waals surface area contributed by atoms with Gasteiger partial charge in [-0.15, -0.1) is 0 Å². The molecule has 0 bridgehead atoms. The molecule has 0 aliphatic carbocycles. The third-order valence-electron chi connectivity index (χ3n) is 5.01. The number of halogens is 2. The summed E-state index contributed by atoms with van der Waals surface area (Å²) in [6, 6.07) is 21.8. The number of hydrogen-bond donors (Lipinski definition) is 1. The Labute approximate surface area is 186 Å². The van der Waals surface area contributed by atoms with Crippen LogP contribution in [-0.2, 0) is 29.1 Å². The second-order valence-corrected chi connectivity index (χ2v) is 7.77. The van der Waals surface area contributed by atoms with Crippen molar-refractivity contribution in [2.45, 2.75) is 32.5 Å². The second-order valence-electron chi connectivity index (χ2n) is 7.33. The molecular formula is C25H24ClFN2O2. The third kappa shape index (κ3) is 6.66. The van der Waals surface area contributed by atoms with Gasteiger partial charge in [0.15, 0.2) is 0 Å². The summed E-state index contributed by atoms with van der Waals surface area (Å²) in [5, 5.41) is 3.48. The van der Waals surface area contributed by atoms with Gasteiger partial charge in [0, 0.05) is 18.1 Å². The lowest BCUT2D eigenvalue weighted by atomic mass is 10.1. The predicted molar refractivity (Wildman–Crippen MR) is 120 cm³/mol. The number of carbonyl (C=O) groups is 2. The Bertz CT molecular complexity index is 1010. The van der Waals surface area contributed by atoms with Crippen molar-refractivity contribution in [2.24, 2.45) is 0 Å². The smallest absolute Gasteiger partial charge is 0.242 e. The van der Waals surface area contributed by atoms with Crippen molar-refractivity contribution in [3.05, 3.63) is 106 Å². The molecule has 6 heteroatoms. The monoisotopic (exact) mass is 438 g/mol. The topological polar surface area (TPSA) is 49.4 Å². The minimum Gasteiger partial charge on any atom is -0.350 e. The summed E-state index contributed by atoms with van der Waals surface area (Å²) < 4.78 is 13.3. The molecule has 0 aliphatic heterocycles. The number of carbonyl (C=O) groups excluding carboxylic acids is 2. The van der Waals surface area contributed by atoms with Gasteiger partial charge in [-0.05, 0) is 47.9 Å². The molecule has 31 heavy (non-hydrogen) atoms. The van der Waals surface area contributed by atoms with E-state index in [0.717, 1.165) is 16.7 Å². The van der Waals surface area contributed by atoms with Gasteiger partial charge in [-0.3, -0.25) is 9.59 Å². The first kappa shape index (κ1) is 22.5. The summed E-state index contributed by atoms with van der Waals surface area (Å²) in [5.41, 5.74) is 2.52. The molecule has 3 rings (SSSR count). The highest BCUT2D eigenvalue weighted by molar-refractivity contribution is 6.30.